The van der Waals surface area contributed by atoms with Crippen LogP contribution in [0.25, 0.3) is 5.78 Å². The largest absolute Gasteiger partial charge is 0.310 e. The van der Waals surface area contributed by atoms with E-state index in [9.17, 15) is 4.79 Å². The van der Waals surface area contributed by atoms with E-state index in [1.165, 1.54) is 0 Å². The van der Waals surface area contributed by atoms with Crippen LogP contribution < -0.4 is 5.32 Å². The molecule has 0 aliphatic rings. The second-order valence-corrected chi connectivity index (χ2v) is 8.81. The molecule has 0 aliphatic heterocycles. The number of anilines is 1. The lowest BCUT2D eigenvalue weighted by atomic mass is 9.92. The molecule has 1 aromatic carbocycles. The van der Waals surface area contributed by atoms with Gasteiger partial charge in [-0.15, -0.1) is 5.10 Å². The molecule has 0 aliphatic carbocycles. The molecule has 4 aromatic rings. The van der Waals surface area contributed by atoms with Crippen LogP contribution in [0, 0.1) is 13.8 Å². The minimum atomic E-state index is -0.194. The van der Waals surface area contributed by atoms with E-state index in [-0.39, 0.29) is 17.7 Å². The van der Waals surface area contributed by atoms with Gasteiger partial charge in [0.1, 0.15) is 5.82 Å². The molecule has 3 aromatic heterocycles. The highest BCUT2D eigenvalue weighted by atomic mass is 16.1. The van der Waals surface area contributed by atoms with Gasteiger partial charge in [0.05, 0.1) is 18.7 Å². The molecule has 0 saturated heterocycles. The van der Waals surface area contributed by atoms with Gasteiger partial charge in [0.25, 0.3) is 5.78 Å². The topological polar surface area (TPSA) is 90.0 Å². The number of nitrogens with zero attached hydrogens (tertiary/aromatic N) is 6. The highest BCUT2D eigenvalue weighted by molar-refractivity contribution is 5.91. The van der Waals surface area contributed by atoms with Crippen molar-refractivity contribution in [2.75, 3.05) is 5.32 Å². The number of hydrogen-bond acceptors (Lipinski definition) is 5. The van der Waals surface area contributed by atoms with Crippen LogP contribution in [0.15, 0.2) is 42.5 Å². The van der Waals surface area contributed by atoms with Gasteiger partial charge in [-0.05, 0) is 25.5 Å². The molecule has 3 heterocycles. The van der Waals surface area contributed by atoms with Crippen molar-refractivity contribution in [2.24, 2.45) is 0 Å². The van der Waals surface area contributed by atoms with Gasteiger partial charge >= 0.3 is 0 Å². The first kappa shape index (κ1) is 20.7. The maximum atomic E-state index is 12.8. The summed E-state index contributed by atoms with van der Waals surface area (Å²) in [5.41, 5.74) is 3.69. The van der Waals surface area contributed by atoms with Crippen LogP contribution in [-0.4, -0.2) is 35.3 Å². The molecule has 0 unspecified atom stereocenters. The van der Waals surface area contributed by atoms with Crippen LogP contribution in [0.5, 0.6) is 0 Å². The van der Waals surface area contributed by atoms with E-state index < -0.39 is 0 Å². The Morgan fingerprint density at radius 1 is 1.03 bits per heavy atom. The van der Waals surface area contributed by atoms with Crippen molar-refractivity contribution in [2.45, 2.75) is 53.0 Å². The third kappa shape index (κ3) is 4.63. The molecule has 0 atom stereocenters. The second kappa shape index (κ2) is 7.94. The van der Waals surface area contributed by atoms with Crippen molar-refractivity contribution in [3.05, 3.63) is 70.9 Å². The van der Waals surface area contributed by atoms with Crippen LogP contribution in [0.2, 0.25) is 0 Å². The van der Waals surface area contributed by atoms with E-state index in [4.69, 9.17) is 5.10 Å². The van der Waals surface area contributed by atoms with Crippen LogP contribution in [0.3, 0.4) is 0 Å². The Labute approximate surface area is 181 Å². The van der Waals surface area contributed by atoms with Gasteiger partial charge in [-0.3, -0.25) is 4.79 Å². The molecular weight excluding hydrogens is 390 g/mol. The zero-order chi connectivity index (χ0) is 22.2. The molecule has 1 N–H and O–H groups in total. The van der Waals surface area contributed by atoms with E-state index in [0.717, 1.165) is 22.6 Å². The fourth-order valence-electron chi connectivity index (χ4n) is 3.37. The molecule has 4 rings (SSSR count). The molecule has 8 heteroatoms. The standard InChI is InChI=1S/C23H27N7O/c1-15-11-16(2)30-22(24-15)25-19(28-30)13-21(31)26-20-12-18(23(3,4)5)27-29(20)14-17-9-7-6-8-10-17/h6-12H,13-14H2,1-5H3,(H,26,31). The Balaban J connectivity index is 1.57. The number of fused-ring (bicyclic) bond motifs is 1. The van der Waals surface area contributed by atoms with Crippen LogP contribution in [0.4, 0.5) is 5.82 Å². The zero-order valence-corrected chi connectivity index (χ0v) is 18.5. The number of carbonyl (C=O) groups is 1. The molecule has 31 heavy (non-hydrogen) atoms. The van der Waals surface area contributed by atoms with Gasteiger partial charge < -0.3 is 5.32 Å². The number of amides is 1. The number of rotatable bonds is 5. The Morgan fingerprint density at radius 2 is 1.77 bits per heavy atom. The highest BCUT2D eigenvalue weighted by Crippen LogP contribution is 2.24. The molecule has 0 saturated carbocycles. The summed E-state index contributed by atoms with van der Waals surface area (Å²) in [5, 5.41) is 12.2. The lowest BCUT2D eigenvalue weighted by Gasteiger charge is -2.14. The minimum absolute atomic E-state index is 0.0587. The van der Waals surface area contributed by atoms with Gasteiger partial charge in [-0.25, -0.2) is 14.2 Å². The molecule has 0 radical (unpaired) electrons. The van der Waals surface area contributed by atoms with Crippen molar-refractivity contribution in [1.82, 2.24) is 29.4 Å². The quantitative estimate of drug-likeness (QED) is 0.537. The Hall–Kier alpha value is -3.55. The Morgan fingerprint density at radius 3 is 2.48 bits per heavy atom. The van der Waals surface area contributed by atoms with Gasteiger partial charge in [0.15, 0.2) is 5.82 Å². The molecule has 0 fully saturated rings. The summed E-state index contributed by atoms with van der Waals surface area (Å²) in [5.74, 6) is 1.40. The number of carbonyl (C=O) groups excluding carboxylic acids is 1. The summed E-state index contributed by atoms with van der Waals surface area (Å²) in [6.45, 7) is 10.7. The van der Waals surface area contributed by atoms with Crippen molar-refractivity contribution in [3.63, 3.8) is 0 Å². The van der Waals surface area contributed by atoms with Crippen LogP contribution in [0.1, 0.15) is 49.2 Å². The van der Waals surface area contributed by atoms with Gasteiger partial charge in [-0.2, -0.15) is 10.1 Å². The first-order chi connectivity index (χ1) is 14.7. The lowest BCUT2D eigenvalue weighted by molar-refractivity contribution is -0.115. The monoisotopic (exact) mass is 417 g/mol. The molecule has 1 amide bonds. The molecule has 0 spiro atoms. The summed E-state index contributed by atoms with van der Waals surface area (Å²) >= 11 is 0. The SMILES string of the molecule is Cc1cc(C)n2nc(CC(=O)Nc3cc(C(C)(C)C)nn3Cc3ccccc3)nc2n1. The Bertz CT molecular complexity index is 1230. The summed E-state index contributed by atoms with van der Waals surface area (Å²) in [6.07, 6.45) is 0.0587. The number of aryl methyl sites for hydroxylation is 2. The normalized spacial score (nSPS) is 11.8. The first-order valence-electron chi connectivity index (χ1n) is 10.3. The zero-order valence-electron chi connectivity index (χ0n) is 18.5. The predicted molar refractivity (Wildman–Crippen MR) is 119 cm³/mol. The molecule has 160 valence electrons. The fourth-order valence-corrected chi connectivity index (χ4v) is 3.37. The van der Waals surface area contributed by atoms with E-state index >= 15 is 0 Å². The van der Waals surface area contributed by atoms with Gasteiger partial charge in [0, 0.05) is 22.9 Å². The number of nitrogens with one attached hydrogen (secondary N) is 1. The average molecular weight is 418 g/mol. The van der Waals surface area contributed by atoms with Crippen molar-refractivity contribution < 1.29 is 4.79 Å². The summed E-state index contributed by atoms with van der Waals surface area (Å²) in [6, 6.07) is 13.9. The maximum Gasteiger partial charge on any atom is 0.252 e. The van der Waals surface area contributed by atoms with Crippen LogP contribution >= 0.6 is 0 Å². The van der Waals surface area contributed by atoms with Crippen molar-refractivity contribution in [1.29, 1.82) is 0 Å². The predicted octanol–water partition coefficient (Wildman–Crippen LogP) is 3.46. The molecule has 0 bridgehead atoms. The highest BCUT2D eigenvalue weighted by Gasteiger charge is 2.21. The van der Waals surface area contributed by atoms with Crippen LogP contribution in [-0.2, 0) is 23.2 Å². The van der Waals surface area contributed by atoms with Crippen molar-refractivity contribution in [3.8, 4) is 0 Å². The first-order valence-corrected chi connectivity index (χ1v) is 10.3. The average Bonchev–Trinajstić information content (AvgIpc) is 3.26. The van der Waals surface area contributed by atoms with Gasteiger partial charge in [-0.1, -0.05) is 51.1 Å². The van der Waals surface area contributed by atoms with E-state index in [1.807, 2.05) is 61.0 Å². The third-order valence-electron chi connectivity index (χ3n) is 4.97. The van der Waals surface area contributed by atoms with Gasteiger partial charge in [0.2, 0.25) is 5.91 Å². The number of aromatic nitrogens is 6. The van der Waals surface area contributed by atoms with E-state index in [0.29, 0.717) is 24.0 Å². The smallest absolute Gasteiger partial charge is 0.252 e. The fraction of sp³-hybridized carbons (Fsp3) is 0.348. The Kier molecular flexibility index (Phi) is 5.31. The second-order valence-electron chi connectivity index (χ2n) is 8.81. The van der Waals surface area contributed by atoms with E-state index in [2.05, 4.69) is 41.2 Å². The summed E-state index contributed by atoms with van der Waals surface area (Å²) in [7, 11) is 0. The third-order valence-corrected chi connectivity index (χ3v) is 4.97. The number of benzene rings is 1. The lowest BCUT2D eigenvalue weighted by Crippen LogP contribution is -2.18. The maximum absolute atomic E-state index is 12.8. The molecule has 8 nitrogen and oxygen atoms in total. The van der Waals surface area contributed by atoms with Crippen molar-refractivity contribution >= 4 is 17.5 Å². The summed E-state index contributed by atoms with van der Waals surface area (Å²) in [4.78, 5) is 21.6. The minimum Gasteiger partial charge on any atom is -0.310 e. The number of hydrogen-bond donors (Lipinski definition) is 1. The molecular formula is C23H27N7O. The summed E-state index contributed by atoms with van der Waals surface area (Å²) < 4.78 is 3.49. The van der Waals surface area contributed by atoms with E-state index in [1.54, 1.807) is 4.52 Å².